The third-order valence-electron chi connectivity index (χ3n) is 6.96. The number of fused-ring (bicyclic) bond motifs is 1. The Bertz CT molecular complexity index is 1300. The Morgan fingerprint density at radius 3 is 2.00 bits per heavy atom. The van der Waals surface area contributed by atoms with Gasteiger partial charge in [0, 0.05) is 30.6 Å². The fourth-order valence-corrected chi connectivity index (χ4v) is 4.82. The van der Waals surface area contributed by atoms with Crippen molar-refractivity contribution in [2.24, 2.45) is 5.73 Å². The maximum Gasteiger partial charge on any atom is 0.251 e. The SMILES string of the molecule is CC(CNC(=O)c1ccc2ccccc2c1)N[C@@H](CCCN)C(=O)NCC(c1ccccc1)c1ccccc1. The van der Waals surface area contributed by atoms with Crippen LogP contribution in [0.25, 0.3) is 10.8 Å². The molecule has 0 saturated carbocycles. The molecule has 0 aromatic heterocycles. The predicted molar refractivity (Wildman–Crippen MR) is 159 cm³/mol. The van der Waals surface area contributed by atoms with Crippen LogP contribution in [0.2, 0.25) is 0 Å². The van der Waals surface area contributed by atoms with Crippen LogP contribution >= 0.6 is 0 Å². The number of hydrogen-bond acceptors (Lipinski definition) is 4. The van der Waals surface area contributed by atoms with Crippen molar-refractivity contribution in [3.8, 4) is 0 Å². The molecule has 2 atom stereocenters. The van der Waals surface area contributed by atoms with E-state index in [-0.39, 0.29) is 23.8 Å². The van der Waals surface area contributed by atoms with Gasteiger partial charge in [-0.2, -0.15) is 0 Å². The van der Waals surface area contributed by atoms with E-state index in [0.29, 0.717) is 31.6 Å². The number of benzene rings is 4. The monoisotopic (exact) mass is 522 g/mol. The zero-order valence-corrected chi connectivity index (χ0v) is 22.5. The normalized spacial score (nSPS) is 12.7. The van der Waals surface area contributed by atoms with Gasteiger partial charge in [-0.1, -0.05) is 91.0 Å². The minimum absolute atomic E-state index is 0.0465. The molecule has 5 N–H and O–H groups in total. The predicted octanol–water partition coefficient (Wildman–Crippen LogP) is 4.60. The first-order valence-corrected chi connectivity index (χ1v) is 13.7. The van der Waals surface area contributed by atoms with Crippen molar-refractivity contribution < 1.29 is 9.59 Å². The Labute approximate surface area is 231 Å². The van der Waals surface area contributed by atoms with Gasteiger partial charge in [0.2, 0.25) is 5.91 Å². The summed E-state index contributed by atoms with van der Waals surface area (Å²) in [4.78, 5) is 26.1. The summed E-state index contributed by atoms with van der Waals surface area (Å²) in [6.07, 6.45) is 1.34. The molecule has 0 radical (unpaired) electrons. The molecule has 4 rings (SSSR count). The second kappa shape index (κ2) is 14.2. The highest BCUT2D eigenvalue weighted by Gasteiger charge is 2.22. The van der Waals surface area contributed by atoms with E-state index in [1.807, 2.05) is 85.8 Å². The molecule has 0 fully saturated rings. The maximum atomic E-state index is 13.3. The van der Waals surface area contributed by atoms with Gasteiger partial charge in [0.15, 0.2) is 0 Å². The zero-order chi connectivity index (χ0) is 27.5. The van der Waals surface area contributed by atoms with Crippen LogP contribution in [0.4, 0.5) is 0 Å². The van der Waals surface area contributed by atoms with E-state index in [0.717, 1.165) is 28.3 Å². The van der Waals surface area contributed by atoms with Crippen molar-refractivity contribution in [3.63, 3.8) is 0 Å². The van der Waals surface area contributed by atoms with Crippen LogP contribution in [0.5, 0.6) is 0 Å². The number of carbonyl (C=O) groups is 2. The van der Waals surface area contributed by atoms with E-state index in [9.17, 15) is 9.59 Å². The molecule has 0 bridgehead atoms. The van der Waals surface area contributed by atoms with Crippen LogP contribution in [-0.4, -0.2) is 43.5 Å². The average Bonchev–Trinajstić information content (AvgIpc) is 2.98. The van der Waals surface area contributed by atoms with Crippen molar-refractivity contribution >= 4 is 22.6 Å². The molecule has 4 aromatic carbocycles. The van der Waals surface area contributed by atoms with Crippen LogP contribution in [-0.2, 0) is 4.79 Å². The molecular weight excluding hydrogens is 484 g/mol. The lowest BCUT2D eigenvalue weighted by Crippen LogP contribution is -2.51. The summed E-state index contributed by atoms with van der Waals surface area (Å²) in [7, 11) is 0. The molecule has 1 unspecified atom stereocenters. The summed E-state index contributed by atoms with van der Waals surface area (Å²) in [5.41, 5.74) is 8.69. The van der Waals surface area contributed by atoms with Crippen molar-refractivity contribution in [1.29, 1.82) is 0 Å². The Kier molecular flexibility index (Phi) is 10.2. The van der Waals surface area contributed by atoms with Crippen LogP contribution < -0.4 is 21.7 Å². The smallest absolute Gasteiger partial charge is 0.251 e. The van der Waals surface area contributed by atoms with Crippen molar-refractivity contribution in [2.45, 2.75) is 37.8 Å². The summed E-state index contributed by atoms with van der Waals surface area (Å²) in [5, 5.41) is 11.7. The molecular formula is C33H38N4O2. The molecule has 0 aliphatic carbocycles. The minimum atomic E-state index is -0.409. The van der Waals surface area contributed by atoms with E-state index in [4.69, 9.17) is 5.73 Å². The highest BCUT2D eigenvalue weighted by Crippen LogP contribution is 2.23. The number of hydrogen-bond donors (Lipinski definition) is 4. The molecule has 2 amide bonds. The summed E-state index contributed by atoms with van der Waals surface area (Å²) >= 11 is 0. The van der Waals surface area contributed by atoms with E-state index in [2.05, 4.69) is 40.2 Å². The highest BCUT2D eigenvalue weighted by molar-refractivity contribution is 5.98. The van der Waals surface area contributed by atoms with Crippen LogP contribution in [0, 0.1) is 0 Å². The molecule has 0 aliphatic rings. The van der Waals surface area contributed by atoms with Gasteiger partial charge in [-0.15, -0.1) is 0 Å². The van der Waals surface area contributed by atoms with Gasteiger partial charge < -0.3 is 21.7 Å². The van der Waals surface area contributed by atoms with Crippen LogP contribution in [0.1, 0.15) is 47.2 Å². The molecule has 0 spiro atoms. The van der Waals surface area contributed by atoms with E-state index in [1.165, 1.54) is 0 Å². The second-order valence-corrected chi connectivity index (χ2v) is 9.94. The molecule has 0 heterocycles. The van der Waals surface area contributed by atoms with Gasteiger partial charge in [-0.05, 0) is 60.3 Å². The third-order valence-corrected chi connectivity index (χ3v) is 6.96. The lowest BCUT2D eigenvalue weighted by molar-refractivity contribution is -0.123. The Morgan fingerprint density at radius 1 is 0.744 bits per heavy atom. The number of amides is 2. The lowest BCUT2D eigenvalue weighted by atomic mass is 9.91. The summed E-state index contributed by atoms with van der Waals surface area (Å²) < 4.78 is 0. The van der Waals surface area contributed by atoms with Crippen LogP contribution in [0.15, 0.2) is 103 Å². The standard InChI is InChI=1S/C33H38N4O2/c1-24(22-35-32(38)29-19-18-25-11-8-9-16-28(25)21-29)37-31(17-10-20-34)33(39)36-23-30(26-12-4-2-5-13-26)27-14-6-3-7-15-27/h2-9,11-16,18-19,21,24,30-31,37H,10,17,20,22-23,34H2,1H3,(H,35,38)(H,36,39)/t24?,31-/m0/s1. The van der Waals surface area contributed by atoms with Crippen molar-refractivity contribution in [1.82, 2.24) is 16.0 Å². The zero-order valence-electron chi connectivity index (χ0n) is 22.5. The molecule has 202 valence electrons. The van der Waals surface area contributed by atoms with Crippen molar-refractivity contribution in [3.05, 3.63) is 120 Å². The third kappa shape index (κ3) is 7.99. The molecule has 6 heteroatoms. The topological polar surface area (TPSA) is 96.2 Å². The first kappa shape index (κ1) is 28.0. The van der Waals surface area contributed by atoms with Gasteiger partial charge in [-0.25, -0.2) is 0 Å². The maximum absolute atomic E-state index is 13.3. The average molecular weight is 523 g/mol. The van der Waals surface area contributed by atoms with Gasteiger partial charge in [0.05, 0.1) is 6.04 Å². The first-order valence-electron chi connectivity index (χ1n) is 13.7. The lowest BCUT2D eigenvalue weighted by Gasteiger charge is -2.25. The number of nitrogens with two attached hydrogens (primary N) is 1. The quantitative estimate of drug-likeness (QED) is 0.206. The summed E-state index contributed by atoms with van der Waals surface area (Å²) in [5.74, 6) is -0.149. The fraction of sp³-hybridized carbons (Fsp3) is 0.273. The van der Waals surface area contributed by atoms with Gasteiger partial charge in [0.1, 0.15) is 0 Å². The number of carbonyl (C=O) groups excluding carboxylic acids is 2. The minimum Gasteiger partial charge on any atom is -0.354 e. The summed E-state index contributed by atoms with van der Waals surface area (Å²) in [6.45, 7) is 3.37. The van der Waals surface area contributed by atoms with Crippen molar-refractivity contribution in [2.75, 3.05) is 19.6 Å². The Hall–Kier alpha value is -4.00. The highest BCUT2D eigenvalue weighted by atomic mass is 16.2. The van der Waals surface area contributed by atoms with E-state index in [1.54, 1.807) is 0 Å². The summed E-state index contributed by atoms with van der Waals surface area (Å²) in [6, 6.07) is 33.6. The van der Waals surface area contributed by atoms with Gasteiger partial charge in [0.25, 0.3) is 5.91 Å². The van der Waals surface area contributed by atoms with E-state index < -0.39 is 6.04 Å². The van der Waals surface area contributed by atoms with Gasteiger partial charge >= 0.3 is 0 Å². The molecule has 39 heavy (non-hydrogen) atoms. The van der Waals surface area contributed by atoms with E-state index >= 15 is 0 Å². The molecule has 4 aromatic rings. The second-order valence-electron chi connectivity index (χ2n) is 9.94. The Morgan fingerprint density at radius 2 is 1.36 bits per heavy atom. The number of nitrogens with one attached hydrogen (secondary N) is 3. The number of rotatable bonds is 13. The van der Waals surface area contributed by atoms with Gasteiger partial charge in [-0.3, -0.25) is 9.59 Å². The largest absolute Gasteiger partial charge is 0.354 e. The Balaban J connectivity index is 1.35. The van der Waals surface area contributed by atoms with Crippen LogP contribution in [0.3, 0.4) is 0 Å². The molecule has 0 saturated heterocycles. The first-order chi connectivity index (χ1) is 19.0. The fourth-order valence-electron chi connectivity index (χ4n) is 4.82. The molecule has 0 aliphatic heterocycles. The molecule has 6 nitrogen and oxygen atoms in total.